The molecule has 6 heteroatoms. The van der Waals surface area contributed by atoms with E-state index in [2.05, 4.69) is 31.5 Å². The van der Waals surface area contributed by atoms with Crippen LogP contribution in [0.1, 0.15) is 17.5 Å². The van der Waals surface area contributed by atoms with Gasteiger partial charge < -0.3 is 0 Å². The summed E-state index contributed by atoms with van der Waals surface area (Å²) >= 11 is 0. The molecule has 0 bridgehead atoms. The van der Waals surface area contributed by atoms with Gasteiger partial charge in [0.2, 0.25) is 11.9 Å². The minimum atomic E-state index is -0.117. The zero-order valence-corrected chi connectivity index (χ0v) is 14.9. The molecule has 0 saturated carbocycles. The van der Waals surface area contributed by atoms with Crippen LogP contribution in [0, 0.1) is 6.92 Å². The molecule has 0 aliphatic carbocycles. The van der Waals surface area contributed by atoms with Gasteiger partial charge in [-0.25, -0.2) is 4.98 Å². The maximum atomic E-state index is 12.2. The van der Waals surface area contributed by atoms with E-state index in [9.17, 15) is 4.79 Å². The molecule has 0 aliphatic rings. The molecule has 6 nitrogen and oxygen atoms in total. The van der Waals surface area contributed by atoms with Crippen LogP contribution < -0.4 is 5.32 Å². The Kier molecular flexibility index (Phi) is 4.61. The van der Waals surface area contributed by atoms with Gasteiger partial charge in [-0.3, -0.25) is 15.2 Å². The summed E-state index contributed by atoms with van der Waals surface area (Å²) in [5, 5.41) is 10.7. The Hall–Kier alpha value is -3.54. The van der Waals surface area contributed by atoms with Crippen molar-refractivity contribution in [1.82, 2.24) is 20.2 Å². The number of aromatic nitrogens is 4. The largest absolute Gasteiger partial charge is 0.293 e. The van der Waals surface area contributed by atoms with Crippen molar-refractivity contribution in [2.45, 2.75) is 19.8 Å². The number of H-pyrrole nitrogens is 1. The maximum absolute atomic E-state index is 12.2. The van der Waals surface area contributed by atoms with Gasteiger partial charge in [-0.2, -0.15) is 4.98 Å². The van der Waals surface area contributed by atoms with Crippen LogP contribution in [0.25, 0.3) is 22.4 Å². The molecule has 2 heterocycles. The Morgan fingerprint density at radius 2 is 1.93 bits per heavy atom. The van der Waals surface area contributed by atoms with E-state index in [1.165, 1.54) is 5.56 Å². The van der Waals surface area contributed by atoms with Crippen LogP contribution in [-0.4, -0.2) is 26.1 Å². The van der Waals surface area contributed by atoms with E-state index in [1.54, 1.807) is 0 Å². The van der Waals surface area contributed by atoms with Crippen molar-refractivity contribution in [2.75, 3.05) is 5.32 Å². The molecule has 4 rings (SSSR count). The Morgan fingerprint density at radius 3 is 2.81 bits per heavy atom. The molecule has 0 unspecified atom stereocenters. The molecule has 0 fully saturated rings. The molecular formula is C21H19N5O. The van der Waals surface area contributed by atoms with Gasteiger partial charge in [0, 0.05) is 11.8 Å². The van der Waals surface area contributed by atoms with E-state index in [0.717, 1.165) is 16.5 Å². The highest BCUT2D eigenvalue weighted by Crippen LogP contribution is 2.18. The number of fused-ring (bicyclic) bond motifs is 1. The fourth-order valence-corrected chi connectivity index (χ4v) is 2.94. The number of carbonyl (C=O) groups is 1. The minimum Gasteiger partial charge on any atom is -0.293 e. The number of hydrogen-bond acceptors (Lipinski definition) is 4. The summed E-state index contributed by atoms with van der Waals surface area (Å²) in [7, 11) is 0. The van der Waals surface area contributed by atoms with E-state index in [-0.39, 0.29) is 11.9 Å². The van der Waals surface area contributed by atoms with Crippen LogP contribution in [0.2, 0.25) is 0 Å². The second-order valence-corrected chi connectivity index (χ2v) is 6.43. The van der Waals surface area contributed by atoms with Crippen LogP contribution >= 0.6 is 0 Å². The molecular weight excluding hydrogens is 338 g/mol. The molecule has 2 aromatic heterocycles. The molecule has 0 atom stereocenters. The second-order valence-electron chi connectivity index (χ2n) is 6.43. The van der Waals surface area contributed by atoms with Gasteiger partial charge in [-0.05, 0) is 31.0 Å². The smallest absolute Gasteiger partial charge is 0.249 e. The number of carbonyl (C=O) groups excluding carboxylic acids is 1. The Labute approximate surface area is 156 Å². The molecule has 27 heavy (non-hydrogen) atoms. The summed E-state index contributed by atoms with van der Waals surface area (Å²) in [5.74, 6) is 0.664. The predicted octanol–water partition coefficient (Wildman–Crippen LogP) is 3.90. The number of nitrogens with zero attached hydrogens (tertiary/aromatic N) is 3. The highest BCUT2D eigenvalue weighted by Gasteiger charge is 2.10. The molecule has 4 aromatic rings. The number of benzene rings is 2. The van der Waals surface area contributed by atoms with Gasteiger partial charge in [-0.1, -0.05) is 54.1 Å². The maximum Gasteiger partial charge on any atom is 0.249 e. The first-order valence-corrected chi connectivity index (χ1v) is 8.81. The lowest BCUT2D eigenvalue weighted by Crippen LogP contribution is -2.13. The SMILES string of the molecule is Cc1cccc(CCC(=O)Nc2n[nH]c(-c3ccc4ccccc4n3)n2)c1. The zero-order valence-electron chi connectivity index (χ0n) is 14.9. The van der Waals surface area contributed by atoms with Crippen molar-refractivity contribution in [1.29, 1.82) is 0 Å². The molecule has 0 spiro atoms. The number of pyridine rings is 1. The van der Waals surface area contributed by atoms with E-state index >= 15 is 0 Å². The summed E-state index contributed by atoms with van der Waals surface area (Å²) in [6.07, 6.45) is 1.05. The highest BCUT2D eigenvalue weighted by molar-refractivity contribution is 5.89. The number of hydrogen-bond donors (Lipinski definition) is 2. The van der Waals surface area contributed by atoms with Crippen molar-refractivity contribution in [3.05, 3.63) is 71.8 Å². The van der Waals surface area contributed by atoms with Gasteiger partial charge in [0.15, 0.2) is 5.82 Å². The van der Waals surface area contributed by atoms with E-state index in [0.29, 0.717) is 24.4 Å². The van der Waals surface area contributed by atoms with Crippen LogP contribution in [-0.2, 0) is 11.2 Å². The predicted molar refractivity (Wildman–Crippen MR) is 105 cm³/mol. The highest BCUT2D eigenvalue weighted by atomic mass is 16.1. The minimum absolute atomic E-state index is 0.117. The van der Waals surface area contributed by atoms with Crippen LogP contribution in [0.5, 0.6) is 0 Å². The van der Waals surface area contributed by atoms with E-state index < -0.39 is 0 Å². The molecule has 2 aromatic carbocycles. The summed E-state index contributed by atoms with van der Waals surface area (Å²) in [4.78, 5) is 21.1. The Bertz CT molecular complexity index is 1100. The van der Waals surface area contributed by atoms with Gasteiger partial charge in [-0.15, -0.1) is 5.10 Å². The number of anilines is 1. The van der Waals surface area contributed by atoms with Gasteiger partial charge >= 0.3 is 0 Å². The molecule has 134 valence electrons. The molecule has 1 amide bonds. The van der Waals surface area contributed by atoms with Crippen molar-refractivity contribution >= 4 is 22.8 Å². The Balaban J connectivity index is 1.41. The number of nitrogens with one attached hydrogen (secondary N) is 2. The lowest BCUT2D eigenvalue weighted by molar-refractivity contribution is -0.116. The van der Waals surface area contributed by atoms with Crippen molar-refractivity contribution in [3.8, 4) is 11.5 Å². The summed E-state index contributed by atoms with van der Waals surface area (Å²) in [6, 6.07) is 19.9. The van der Waals surface area contributed by atoms with Crippen LogP contribution in [0.15, 0.2) is 60.7 Å². The molecule has 2 N–H and O–H groups in total. The van der Waals surface area contributed by atoms with Crippen LogP contribution in [0.4, 0.5) is 5.95 Å². The summed E-state index contributed by atoms with van der Waals surface area (Å²) < 4.78 is 0. The number of para-hydroxylation sites is 1. The van der Waals surface area contributed by atoms with Crippen molar-refractivity contribution in [3.63, 3.8) is 0 Å². The second kappa shape index (κ2) is 7.37. The lowest BCUT2D eigenvalue weighted by Gasteiger charge is -2.03. The first-order chi connectivity index (χ1) is 13.2. The lowest BCUT2D eigenvalue weighted by atomic mass is 10.1. The number of amides is 1. The number of aromatic amines is 1. The number of rotatable bonds is 5. The fourth-order valence-electron chi connectivity index (χ4n) is 2.94. The monoisotopic (exact) mass is 357 g/mol. The van der Waals surface area contributed by atoms with E-state index in [4.69, 9.17) is 0 Å². The topological polar surface area (TPSA) is 83.6 Å². The standard InChI is InChI=1S/C21H19N5O/c1-14-5-4-6-15(13-14)9-12-19(27)23-21-24-20(25-26-21)18-11-10-16-7-2-3-8-17(16)22-18/h2-8,10-11,13H,9,12H2,1H3,(H2,23,24,25,26,27). The van der Waals surface area contributed by atoms with Crippen molar-refractivity contribution < 1.29 is 4.79 Å². The third-order valence-electron chi connectivity index (χ3n) is 4.30. The first kappa shape index (κ1) is 16.9. The summed E-state index contributed by atoms with van der Waals surface area (Å²) in [5.41, 5.74) is 3.90. The zero-order chi connectivity index (χ0) is 18.6. The van der Waals surface area contributed by atoms with E-state index in [1.807, 2.05) is 61.5 Å². The molecule has 0 saturated heterocycles. The van der Waals surface area contributed by atoms with Gasteiger partial charge in [0.25, 0.3) is 0 Å². The third kappa shape index (κ3) is 4.00. The Morgan fingerprint density at radius 1 is 1.04 bits per heavy atom. The first-order valence-electron chi connectivity index (χ1n) is 8.81. The normalized spacial score (nSPS) is 10.9. The average Bonchev–Trinajstić information content (AvgIpc) is 3.14. The molecule has 0 aliphatic heterocycles. The van der Waals surface area contributed by atoms with Gasteiger partial charge in [0.1, 0.15) is 5.69 Å². The third-order valence-corrected chi connectivity index (χ3v) is 4.30. The molecule has 0 radical (unpaired) electrons. The summed E-state index contributed by atoms with van der Waals surface area (Å²) in [6.45, 7) is 2.04. The van der Waals surface area contributed by atoms with Crippen LogP contribution in [0.3, 0.4) is 0 Å². The van der Waals surface area contributed by atoms with Gasteiger partial charge in [0.05, 0.1) is 5.52 Å². The number of aryl methyl sites for hydroxylation is 2. The quantitative estimate of drug-likeness (QED) is 0.567. The average molecular weight is 357 g/mol. The fraction of sp³-hybridized carbons (Fsp3) is 0.143. The van der Waals surface area contributed by atoms with Crippen molar-refractivity contribution in [2.24, 2.45) is 0 Å².